The molecule has 1 heteroatoms. The van der Waals surface area contributed by atoms with Gasteiger partial charge in [0.1, 0.15) is 0 Å². The summed E-state index contributed by atoms with van der Waals surface area (Å²) in [5, 5.41) is 9.70. The van der Waals surface area contributed by atoms with E-state index in [0.717, 1.165) is 29.6 Å². The van der Waals surface area contributed by atoms with E-state index in [1.165, 1.54) is 83.5 Å². The summed E-state index contributed by atoms with van der Waals surface area (Å²) in [6, 6.07) is 2.73. The fourth-order valence-electron chi connectivity index (χ4n) is 9.25. The molecule has 5 aliphatic rings. The van der Waals surface area contributed by atoms with Gasteiger partial charge < -0.3 is 0 Å². The van der Waals surface area contributed by atoms with Crippen LogP contribution in [0.3, 0.4) is 0 Å². The van der Waals surface area contributed by atoms with Gasteiger partial charge in [-0.3, -0.25) is 0 Å². The number of hydrogen-bond donors (Lipinski definition) is 0. The van der Waals surface area contributed by atoms with Crippen LogP contribution in [0.2, 0.25) is 0 Å². The second-order valence-corrected chi connectivity index (χ2v) is 10.5. The molecule has 0 saturated heterocycles. The molecule has 5 rings (SSSR count). The molecule has 0 aromatic carbocycles. The Balaban J connectivity index is 1.47. The molecule has 1 nitrogen and oxygen atoms in total. The summed E-state index contributed by atoms with van der Waals surface area (Å²) in [6.45, 7) is 2.69. The van der Waals surface area contributed by atoms with Crippen LogP contribution in [-0.2, 0) is 0 Å². The van der Waals surface area contributed by atoms with Crippen LogP contribution in [0.5, 0.6) is 0 Å². The van der Waals surface area contributed by atoms with Gasteiger partial charge in [-0.25, -0.2) is 0 Å². The molecular formula is C23H35N. The monoisotopic (exact) mass is 325 g/mol. The third-order valence-electron chi connectivity index (χ3n) is 10.2. The van der Waals surface area contributed by atoms with E-state index in [0.29, 0.717) is 16.7 Å². The van der Waals surface area contributed by atoms with Gasteiger partial charge in [0.2, 0.25) is 0 Å². The summed E-state index contributed by atoms with van der Waals surface area (Å²) >= 11 is 0. The Bertz CT molecular complexity index is 547. The van der Waals surface area contributed by atoms with Gasteiger partial charge in [0.25, 0.3) is 0 Å². The van der Waals surface area contributed by atoms with E-state index in [9.17, 15) is 5.26 Å². The molecule has 1 spiro atoms. The molecule has 0 aromatic rings. The lowest BCUT2D eigenvalue weighted by Gasteiger charge is -2.62. The Morgan fingerprint density at radius 3 is 2.50 bits per heavy atom. The number of fused-ring (bicyclic) bond motifs is 4. The maximum Gasteiger partial charge on any atom is 0.0658 e. The van der Waals surface area contributed by atoms with Crippen LogP contribution in [-0.4, -0.2) is 0 Å². The van der Waals surface area contributed by atoms with E-state index < -0.39 is 0 Å². The summed E-state index contributed by atoms with van der Waals surface area (Å²) in [6.07, 6.45) is 18.9. The van der Waals surface area contributed by atoms with E-state index in [-0.39, 0.29) is 0 Å². The zero-order chi connectivity index (χ0) is 16.4. The molecule has 8 unspecified atom stereocenters. The Morgan fingerprint density at radius 2 is 1.62 bits per heavy atom. The predicted molar refractivity (Wildman–Crippen MR) is 97.1 cm³/mol. The Morgan fingerprint density at radius 1 is 0.750 bits per heavy atom. The van der Waals surface area contributed by atoms with Crippen molar-refractivity contribution in [2.24, 2.45) is 46.3 Å². The lowest BCUT2D eigenvalue weighted by molar-refractivity contribution is -0.126. The zero-order valence-electron chi connectivity index (χ0n) is 15.6. The van der Waals surface area contributed by atoms with Crippen molar-refractivity contribution in [2.75, 3.05) is 0 Å². The Labute approximate surface area is 148 Å². The fourth-order valence-corrected chi connectivity index (χ4v) is 9.25. The summed E-state index contributed by atoms with van der Waals surface area (Å²) < 4.78 is 0. The summed E-state index contributed by atoms with van der Waals surface area (Å²) in [7, 11) is 0. The standard InChI is InChI=1S/C23H35N/c1-22-12-3-2-6-17(22)7-8-18-20(22)11-14-23-13-4-5-16(15-24)19(23)9-10-21(18)23/h16-21H,2-14H2,1H3. The third-order valence-corrected chi connectivity index (χ3v) is 10.2. The first-order valence-electron chi connectivity index (χ1n) is 11.1. The van der Waals surface area contributed by atoms with Crippen molar-refractivity contribution < 1.29 is 0 Å². The van der Waals surface area contributed by atoms with Crippen LogP contribution < -0.4 is 0 Å². The quantitative estimate of drug-likeness (QED) is 0.510. The van der Waals surface area contributed by atoms with Crippen molar-refractivity contribution in [3.05, 3.63) is 0 Å². The molecule has 5 aliphatic carbocycles. The van der Waals surface area contributed by atoms with Crippen LogP contribution in [0.25, 0.3) is 0 Å². The highest BCUT2D eigenvalue weighted by Crippen LogP contribution is 2.70. The minimum absolute atomic E-state index is 0.391. The number of nitrogens with zero attached hydrogens (tertiary/aromatic N) is 1. The molecule has 24 heavy (non-hydrogen) atoms. The van der Waals surface area contributed by atoms with Gasteiger partial charge in [0, 0.05) is 5.92 Å². The molecule has 132 valence electrons. The summed E-state index contributed by atoms with van der Waals surface area (Å²) in [5.41, 5.74) is 1.27. The van der Waals surface area contributed by atoms with Crippen molar-refractivity contribution >= 4 is 0 Å². The van der Waals surface area contributed by atoms with Gasteiger partial charge in [0.15, 0.2) is 0 Å². The van der Waals surface area contributed by atoms with Gasteiger partial charge in [-0.05, 0) is 105 Å². The second kappa shape index (κ2) is 5.49. The number of nitriles is 1. The summed E-state index contributed by atoms with van der Waals surface area (Å²) in [4.78, 5) is 0. The van der Waals surface area contributed by atoms with E-state index in [4.69, 9.17) is 0 Å². The van der Waals surface area contributed by atoms with Gasteiger partial charge in [-0.2, -0.15) is 5.26 Å². The molecule has 0 aliphatic heterocycles. The Hall–Kier alpha value is -0.510. The van der Waals surface area contributed by atoms with E-state index >= 15 is 0 Å². The van der Waals surface area contributed by atoms with E-state index in [1.807, 2.05) is 0 Å². The topological polar surface area (TPSA) is 23.8 Å². The van der Waals surface area contributed by atoms with Crippen molar-refractivity contribution in [1.29, 1.82) is 5.26 Å². The van der Waals surface area contributed by atoms with Crippen LogP contribution >= 0.6 is 0 Å². The van der Waals surface area contributed by atoms with Gasteiger partial charge in [-0.15, -0.1) is 0 Å². The first-order chi connectivity index (χ1) is 11.7. The first kappa shape index (κ1) is 15.7. The summed E-state index contributed by atoms with van der Waals surface area (Å²) in [5.74, 6) is 5.21. The smallest absolute Gasteiger partial charge is 0.0658 e. The molecule has 0 aromatic heterocycles. The largest absolute Gasteiger partial charge is 0.198 e. The molecule has 0 heterocycles. The predicted octanol–water partition coefficient (Wildman–Crippen LogP) is 6.34. The van der Waals surface area contributed by atoms with E-state index in [1.54, 1.807) is 0 Å². The van der Waals surface area contributed by atoms with Crippen molar-refractivity contribution in [1.82, 2.24) is 0 Å². The maximum absolute atomic E-state index is 9.70. The van der Waals surface area contributed by atoms with Crippen molar-refractivity contribution in [2.45, 2.75) is 90.4 Å². The molecule has 0 bridgehead atoms. The SMILES string of the molecule is CC12CCCCC1CCC1C2CCC23CCCC(C#N)C2CCC13. The highest BCUT2D eigenvalue weighted by Gasteiger charge is 2.62. The maximum atomic E-state index is 9.70. The minimum Gasteiger partial charge on any atom is -0.198 e. The minimum atomic E-state index is 0.391. The van der Waals surface area contributed by atoms with Gasteiger partial charge >= 0.3 is 0 Å². The van der Waals surface area contributed by atoms with Crippen molar-refractivity contribution in [3.63, 3.8) is 0 Å². The lowest BCUT2D eigenvalue weighted by atomic mass is 9.43. The molecule has 0 amide bonds. The molecule has 5 fully saturated rings. The normalized spacial score (nSPS) is 56.3. The van der Waals surface area contributed by atoms with Gasteiger partial charge in [-0.1, -0.05) is 26.2 Å². The number of hydrogen-bond acceptors (Lipinski definition) is 1. The molecule has 5 saturated carbocycles. The van der Waals surface area contributed by atoms with Gasteiger partial charge in [0.05, 0.1) is 6.07 Å². The van der Waals surface area contributed by atoms with Crippen LogP contribution in [0.4, 0.5) is 0 Å². The van der Waals surface area contributed by atoms with Crippen molar-refractivity contribution in [3.8, 4) is 6.07 Å². The number of rotatable bonds is 0. The average molecular weight is 326 g/mol. The molecule has 8 atom stereocenters. The van der Waals surface area contributed by atoms with E-state index in [2.05, 4.69) is 13.0 Å². The third kappa shape index (κ3) is 1.92. The van der Waals surface area contributed by atoms with Crippen LogP contribution in [0, 0.1) is 57.7 Å². The second-order valence-electron chi connectivity index (χ2n) is 10.5. The molecule has 0 radical (unpaired) electrons. The highest BCUT2D eigenvalue weighted by molar-refractivity contribution is 5.13. The molecule has 0 N–H and O–H groups in total. The fraction of sp³-hybridized carbons (Fsp3) is 0.957. The van der Waals surface area contributed by atoms with Crippen LogP contribution in [0.1, 0.15) is 90.4 Å². The zero-order valence-corrected chi connectivity index (χ0v) is 15.6. The first-order valence-corrected chi connectivity index (χ1v) is 11.1. The molecular weight excluding hydrogens is 290 g/mol. The highest BCUT2D eigenvalue weighted by atomic mass is 14.7. The van der Waals surface area contributed by atoms with Crippen LogP contribution in [0.15, 0.2) is 0 Å². The lowest BCUT2D eigenvalue weighted by Crippen LogP contribution is -2.54. The Kier molecular flexibility index (Phi) is 3.60. The average Bonchev–Trinajstić information content (AvgIpc) is 3.01.